The second kappa shape index (κ2) is 62.2. The van der Waals surface area contributed by atoms with E-state index >= 15 is 0 Å². The second-order valence-electron chi connectivity index (χ2n) is 22.0. The smallest absolute Gasteiger partial charge is 0.306 e. The predicted octanol–water partition coefficient (Wildman–Crippen LogP) is 22.0. The Morgan fingerprint density at radius 2 is 0.493 bits per heavy atom. The van der Waals surface area contributed by atoms with Gasteiger partial charge >= 0.3 is 17.9 Å². The molecule has 0 rings (SSSR count). The van der Waals surface area contributed by atoms with Crippen LogP contribution in [0, 0.1) is 0 Å². The first-order valence-electron chi connectivity index (χ1n) is 32.5. The number of allylic oxidation sites excluding steroid dienone is 6. The summed E-state index contributed by atoms with van der Waals surface area (Å²) < 4.78 is 17.0. The molecule has 0 saturated carbocycles. The van der Waals surface area contributed by atoms with E-state index in [-0.39, 0.29) is 31.1 Å². The van der Waals surface area contributed by atoms with Crippen LogP contribution >= 0.6 is 0 Å². The number of carbonyl (C=O) groups excluding carboxylic acids is 3. The third kappa shape index (κ3) is 60.4. The number of carbonyl (C=O) groups is 3. The lowest BCUT2D eigenvalue weighted by molar-refractivity contribution is -0.167. The number of esters is 3. The highest BCUT2D eigenvalue weighted by Gasteiger charge is 2.19. The van der Waals surface area contributed by atoms with E-state index in [2.05, 4.69) is 57.2 Å². The van der Waals surface area contributed by atoms with Gasteiger partial charge in [-0.2, -0.15) is 0 Å². The summed E-state index contributed by atoms with van der Waals surface area (Å²) >= 11 is 0. The average molecular weight is 1030 g/mol. The highest BCUT2D eigenvalue weighted by Crippen LogP contribution is 2.17. The van der Waals surface area contributed by atoms with Crippen LogP contribution in [0.1, 0.15) is 355 Å². The molecule has 0 aliphatic heterocycles. The number of unbranched alkanes of at least 4 members (excludes halogenated alkanes) is 43. The van der Waals surface area contributed by atoms with Gasteiger partial charge in [-0.15, -0.1) is 0 Å². The highest BCUT2D eigenvalue weighted by molar-refractivity contribution is 5.71. The van der Waals surface area contributed by atoms with Crippen molar-refractivity contribution in [3.63, 3.8) is 0 Å². The van der Waals surface area contributed by atoms with E-state index in [1.165, 1.54) is 244 Å². The van der Waals surface area contributed by atoms with Gasteiger partial charge in [-0.05, 0) is 77.0 Å². The first-order valence-corrected chi connectivity index (χ1v) is 32.5. The molecular weight excluding hydrogens is 901 g/mol. The monoisotopic (exact) mass is 1020 g/mol. The molecule has 0 fully saturated rings. The molecule has 0 N–H and O–H groups in total. The minimum atomic E-state index is -0.777. The fourth-order valence-electron chi connectivity index (χ4n) is 9.71. The second-order valence-corrected chi connectivity index (χ2v) is 22.0. The van der Waals surface area contributed by atoms with Crippen LogP contribution in [0.2, 0.25) is 0 Å². The van der Waals surface area contributed by atoms with Crippen molar-refractivity contribution in [3.05, 3.63) is 36.5 Å². The SMILES string of the molecule is CCCCC/C=C\C/C=C\CCCCCCCCCC(=O)O[C@H](COC(=O)CCCCCCCCC/C=C\CCCCCCCC)COC(=O)CCCCCCCCCCCCCCCCCCCCCCC. The maximum Gasteiger partial charge on any atom is 0.306 e. The van der Waals surface area contributed by atoms with Crippen molar-refractivity contribution < 1.29 is 28.6 Å². The molecule has 6 nitrogen and oxygen atoms in total. The predicted molar refractivity (Wildman–Crippen MR) is 316 cm³/mol. The van der Waals surface area contributed by atoms with Crippen molar-refractivity contribution in [3.8, 4) is 0 Å². The minimum absolute atomic E-state index is 0.0725. The van der Waals surface area contributed by atoms with E-state index < -0.39 is 6.10 Å². The topological polar surface area (TPSA) is 78.9 Å². The van der Waals surface area contributed by atoms with Gasteiger partial charge in [-0.1, -0.05) is 295 Å². The molecule has 0 aromatic rings. The van der Waals surface area contributed by atoms with Gasteiger partial charge in [0.05, 0.1) is 0 Å². The first kappa shape index (κ1) is 70.6. The summed E-state index contributed by atoms with van der Waals surface area (Å²) in [6, 6.07) is 0. The average Bonchev–Trinajstić information content (AvgIpc) is 3.39. The lowest BCUT2D eigenvalue weighted by Crippen LogP contribution is -2.30. The Balaban J connectivity index is 4.32. The molecule has 6 heteroatoms. The molecule has 0 spiro atoms. The van der Waals surface area contributed by atoms with E-state index in [9.17, 15) is 14.4 Å². The summed E-state index contributed by atoms with van der Waals surface area (Å²) in [6.07, 6.45) is 75.7. The van der Waals surface area contributed by atoms with Crippen molar-refractivity contribution >= 4 is 17.9 Å². The van der Waals surface area contributed by atoms with Gasteiger partial charge in [0, 0.05) is 19.3 Å². The van der Waals surface area contributed by atoms with Gasteiger partial charge in [0.1, 0.15) is 13.2 Å². The molecule has 0 unspecified atom stereocenters. The Kier molecular flexibility index (Phi) is 60.2. The Morgan fingerprint density at radius 1 is 0.274 bits per heavy atom. The van der Waals surface area contributed by atoms with Gasteiger partial charge in [0.15, 0.2) is 6.10 Å². The van der Waals surface area contributed by atoms with Gasteiger partial charge in [-0.3, -0.25) is 14.4 Å². The molecule has 0 amide bonds. The standard InChI is InChI=1S/C67H124O6/c1-4-7-10-13-16-19-22-25-28-31-32-33-34-37-39-42-45-48-51-54-57-60-66(69)72-63-64(73-67(70)61-58-55-52-49-46-43-40-36-30-27-24-21-18-15-12-9-6-3)62-71-65(68)59-56-53-50-47-44-41-38-35-29-26-23-20-17-14-11-8-5-2/h18,21,26-27,29-30,64H,4-17,19-20,22-25,28,31-63H2,1-3H3/b21-18-,29-26-,30-27-/t64-/m1/s1. The van der Waals surface area contributed by atoms with Crippen LogP contribution in [0.4, 0.5) is 0 Å². The van der Waals surface area contributed by atoms with Crippen molar-refractivity contribution in [2.45, 2.75) is 361 Å². The van der Waals surface area contributed by atoms with E-state index in [4.69, 9.17) is 14.2 Å². The van der Waals surface area contributed by atoms with Gasteiger partial charge in [-0.25, -0.2) is 0 Å². The van der Waals surface area contributed by atoms with Gasteiger partial charge in [0.2, 0.25) is 0 Å². The van der Waals surface area contributed by atoms with Crippen molar-refractivity contribution in [2.24, 2.45) is 0 Å². The fraction of sp³-hybridized carbons (Fsp3) is 0.866. The van der Waals surface area contributed by atoms with E-state index in [0.29, 0.717) is 19.3 Å². The van der Waals surface area contributed by atoms with Crippen LogP contribution in [-0.2, 0) is 28.6 Å². The Bertz CT molecular complexity index is 1220. The van der Waals surface area contributed by atoms with Gasteiger partial charge < -0.3 is 14.2 Å². The molecule has 73 heavy (non-hydrogen) atoms. The Hall–Kier alpha value is -2.37. The minimum Gasteiger partial charge on any atom is -0.462 e. The highest BCUT2D eigenvalue weighted by atomic mass is 16.6. The zero-order valence-corrected chi connectivity index (χ0v) is 49.2. The van der Waals surface area contributed by atoms with Crippen LogP contribution < -0.4 is 0 Å². The third-order valence-electron chi connectivity index (χ3n) is 14.6. The Morgan fingerprint density at radius 3 is 0.795 bits per heavy atom. The fourth-order valence-corrected chi connectivity index (χ4v) is 9.71. The number of hydrogen-bond acceptors (Lipinski definition) is 6. The lowest BCUT2D eigenvalue weighted by Gasteiger charge is -2.18. The van der Waals surface area contributed by atoms with Crippen molar-refractivity contribution in [2.75, 3.05) is 13.2 Å². The third-order valence-corrected chi connectivity index (χ3v) is 14.6. The molecule has 0 aliphatic rings. The molecule has 428 valence electrons. The van der Waals surface area contributed by atoms with Crippen LogP contribution in [0.5, 0.6) is 0 Å². The lowest BCUT2D eigenvalue weighted by atomic mass is 10.0. The van der Waals surface area contributed by atoms with Crippen LogP contribution in [0.15, 0.2) is 36.5 Å². The molecule has 0 saturated heterocycles. The summed E-state index contributed by atoms with van der Waals surface area (Å²) in [5, 5.41) is 0. The summed E-state index contributed by atoms with van der Waals surface area (Å²) in [5.74, 6) is -0.860. The Labute approximate surface area is 455 Å². The van der Waals surface area contributed by atoms with E-state index in [0.717, 1.165) is 70.6 Å². The summed E-state index contributed by atoms with van der Waals surface area (Å²) in [4.78, 5) is 38.3. The quantitative estimate of drug-likeness (QED) is 0.0261. The summed E-state index contributed by atoms with van der Waals surface area (Å²) in [7, 11) is 0. The van der Waals surface area contributed by atoms with Crippen LogP contribution in [-0.4, -0.2) is 37.2 Å². The molecule has 1 atom stereocenters. The van der Waals surface area contributed by atoms with Crippen LogP contribution in [0.3, 0.4) is 0 Å². The van der Waals surface area contributed by atoms with E-state index in [1.54, 1.807) is 0 Å². The normalized spacial score (nSPS) is 12.2. The molecule has 0 radical (unpaired) electrons. The zero-order valence-electron chi connectivity index (χ0n) is 49.2. The molecule has 0 heterocycles. The maximum atomic E-state index is 12.9. The van der Waals surface area contributed by atoms with Crippen molar-refractivity contribution in [1.29, 1.82) is 0 Å². The first-order chi connectivity index (χ1) is 36.0. The number of hydrogen-bond donors (Lipinski definition) is 0. The van der Waals surface area contributed by atoms with E-state index in [1.807, 2.05) is 0 Å². The maximum absolute atomic E-state index is 12.9. The van der Waals surface area contributed by atoms with Crippen molar-refractivity contribution in [1.82, 2.24) is 0 Å². The number of rotatable bonds is 60. The zero-order chi connectivity index (χ0) is 52.9. The molecule has 0 bridgehead atoms. The molecule has 0 aromatic heterocycles. The molecule has 0 aliphatic carbocycles. The molecular formula is C67H124O6. The largest absolute Gasteiger partial charge is 0.462 e. The number of ether oxygens (including phenoxy) is 3. The summed E-state index contributed by atoms with van der Waals surface area (Å²) in [6.45, 7) is 6.66. The summed E-state index contributed by atoms with van der Waals surface area (Å²) in [5.41, 5.74) is 0. The van der Waals surface area contributed by atoms with Crippen LogP contribution in [0.25, 0.3) is 0 Å². The van der Waals surface area contributed by atoms with Gasteiger partial charge in [0.25, 0.3) is 0 Å². The molecule has 0 aromatic carbocycles.